The van der Waals surface area contributed by atoms with Crippen molar-refractivity contribution in [2.24, 2.45) is 0 Å². The van der Waals surface area contributed by atoms with Gasteiger partial charge in [0.1, 0.15) is 0 Å². The van der Waals surface area contributed by atoms with Crippen LogP contribution >= 0.6 is 27.5 Å². The molecule has 0 aliphatic heterocycles. The number of hydrogen-bond acceptors (Lipinski definition) is 2. The minimum absolute atomic E-state index is 0.0283. The Labute approximate surface area is 121 Å². The summed E-state index contributed by atoms with van der Waals surface area (Å²) in [5.41, 5.74) is 0. The van der Waals surface area contributed by atoms with E-state index in [2.05, 4.69) is 20.7 Å². The highest BCUT2D eigenvalue weighted by Gasteiger charge is 2.27. The molecule has 100 valence electrons. The van der Waals surface area contributed by atoms with Crippen LogP contribution in [0.4, 0.5) is 0 Å². The summed E-state index contributed by atoms with van der Waals surface area (Å²) in [6, 6.07) is 6.19. The van der Waals surface area contributed by atoms with Crippen molar-refractivity contribution in [2.75, 3.05) is 0 Å². The highest BCUT2D eigenvalue weighted by atomic mass is 79.9. The highest BCUT2D eigenvalue weighted by Crippen LogP contribution is 2.26. The van der Waals surface area contributed by atoms with Crippen LogP contribution in [0.25, 0.3) is 0 Å². The van der Waals surface area contributed by atoms with Crippen molar-refractivity contribution in [2.45, 2.75) is 41.4 Å². The summed E-state index contributed by atoms with van der Waals surface area (Å²) >= 11 is 9.30. The van der Waals surface area contributed by atoms with Crippen molar-refractivity contribution in [3.8, 4) is 0 Å². The fourth-order valence-electron chi connectivity index (χ4n) is 2.10. The third kappa shape index (κ3) is 3.47. The van der Waals surface area contributed by atoms with Crippen LogP contribution in [0, 0.1) is 0 Å². The molecule has 0 amide bonds. The van der Waals surface area contributed by atoms with Crippen molar-refractivity contribution in [3.05, 3.63) is 29.3 Å². The van der Waals surface area contributed by atoms with E-state index in [0.29, 0.717) is 5.02 Å². The molecule has 1 aromatic carbocycles. The second kappa shape index (κ2) is 5.90. The molecule has 0 saturated heterocycles. The Morgan fingerprint density at radius 3 is 2.39 bits per heavy atom. The number of halogens is 2. The summed E-state index contributed by atoms with van der Waals surface area (Å²) in [5, 5.41) is 0.532. The van der Waals surface area contributed by atoms with Gasteiger partial charge in [-0.1, -0.05) is 40.4 Å². The Kier molecular flexibility index (Phi) is 4.69. The Morgan fingerprint density at radius 1 is 1.17 bits per heavy atom. The van der Waals surface area contributed by atoms with Gasteiger partial charge >= 0.3 is 0 Å². The van der Waals surface area contributed by atoms with Gasteiger partial charge in [-0.25, -0.2) is 13.1 Å². The third-order valence-electron chi connectivity index (χ3n) is 3.11. The van der Waals surface area contributed by atoms with E-state index in [9.17, 15) is 8.42 Å². The molecule has 0 bridgehead atoms. The van der Waals surface area contributed by atoms with Crippen LogP contribution < -0.4 is 4.72 Å². The first-order chi connectivity index (χ1) is 8.49. The van der Waals surface area contributed by atoms with Crippen molar-refractivity contribution in [1.29, 1.82) is 0 Å². The molecule has 2 atom stereocenters. The molecule has 2 rings (SSSR count). The molecule has 1 fully saturated rings. The fourth-order valence-corrected chi connectivity index (χ4v) is 4.43. The van der Waals surface area contributed by atoms with Crippen LogP contribution in [0.15, 0.2) is 29.2 Å². The first-order valence-corrected chi connectivity index (χ1v) is 8.69. The molecule has 18 heavy (non-hydrogen) atoms. The Bertz CT molecular complexity index is 503. The lowest BCUT2D eigenvalue weighted by atomic mass is 9.96. The van der Waals surface area contributed by atoms with Crippen LogP contribution in [0.3, 0.4) is 0 Å². The van der Waals surface area contributed by atoms with Crippen molar-refractivity contribution >= 4 is 37.6 Å². The van der Waals surface area contributed by atoms with Crippen LogP contribution in [-0.2, 0) is 10.0 Å². The van der Waals surface area contributed by atoms with Gasteiger partial charge in [-0.3, -0.25) is 0 Å². The standard InChI is InChI=1S/C12H15BrClNO2S/c13-11-3-1-2-4-12(11)15-18(16,17)10-7-5-9(14)6-8-10/h5-8,11-12,15H,1-4H2. The summed E-state index contributed by atoms with van der Waals surface area (Å²) < 4.78 is 27.1. The predicted octanol–water partition coefficient (Wildman–Crippen LogP) is 3.32. The smallest absolute Gasteiger partial charge is 0.207 e. The molecule has 1 N–H and O–H groups in total. The van der Waals surface area contributed by atoms with E-state index >= 15 is 0 Å². The van der Waals surface area contributed by atoms with Crippen molar-refractivity contribution < 1.29 is 8.42 Å². The SMILES string of the molecule is O=S(=O)(NC1CCCCC1Br)c1ccc(Cl)cc1. The number of nitrogens with one attached hydrogen (secondary N) is 1. The molecule has 6 heteroatoms. The molecular weight excluding hydrogens is 338 g/mol. The van der Waals surface area contributed by atoms with Crippen LogP contribution in [0.2, 0.25) is 5.02 Å². The number of hydrogen-bond donors (Lipinski definition) is 1. The lowest BCUT2D eigenvalue weighted by Crippen LogP contribution is -2.42. The number of alkyl halides is 1. The molecule has 2 unspecified atom stereocenters. The molecule has 3 nitrogen and oxygen atoms in total. The summed E-state index contributed by atoms with van der Waals surface area (Å²) in [5.74, 6) is 0. The van der Waals surface area contributed by atoms with E-state index in [1.54, 1.807) is 12.1 Å². The van der Waals surface area contributed by atoms with Gasteiger partial charge in [0.2, 0.25) is 10.0 Å². The van der Waals surface area contributed by atoms with Gasteiger partial charge in [0.15, 0.2) is 0 Å². The molecule has 0 aromatic heterocycles. The summed E-state index contributed by atoms with van der Waals surface area (Å²) in [6.07, 6.45) is 4.10. The van der Waals surface area contributed by atoms with Gasteiger partial charge < -0.3 is 0 Å². The Balaban J connectivity index is 2.13. The summed E-state index contributed by atoms with van der Waals surface area (Å²) in [7, 11) is -3.45. The first kappa shape index (κ1) is 14.3. The second-order valence-corrected chi connectivity index (χ2v) is 7.81. The van der Waals surface area contributed by atoms with Crippen LogP contribution in [0.5, 0.6) is 0 Å². The second-order valence-electron chi connectivity index (χ2n) is 4.48. The maximum Gasteiger partial charge on any atom is 0.240 e. The van der Waals surface area contributed by atoms with Gasteiger partial charge in [0.25, 0.3) is 0 Å². The molecule has 0 radical (unpaired) electrons. The van der Waals surface area contributed by atoms with E-state index in [-0.39, 0.29) is 15.8 Å². The lowest BCUT2D eigenvalue weighted by Gasteiger charge is -2.27. The average Bonchev–Trinajstić information content (AvgIpc) is 2.32. The number of rotatable bonds is 3. The predicted molar refractivity (Wildman–Crippen MR) is 76.7 cm³/mol. The monoisotopic (exact) mass is 351 g/mol. The van der Waals surface area contributed by atoms with E-state index in [1.807, 2.05) is 0 Å². The fraction of sp³-hybridized carbons (Fsp3) is 0.500. The average molecular weight is 353 g/mol. The first-order valence-electron chi connectivity index (χ1n) is 5.91. The zero-order valence-electron chi connectivity index (χ0n) is 9.77. The maximum absolute atomic E-state index is 12.2. The quantitative estimate of drug-likeness (QED) is 0.848. The third-order valence-corrected chi connectivity index (χ3v) is 5.97. The minimum Gasteiger partial charge on any atom is -0.207 e. The van der Waals surface area contributed by atoms with Gasteiger partial charge in [-0.05, 0) is 37.1 Å². The Morgan fingerprint density at radius 2 is 1.78 bits per heavy atom. The zero-order chi connectivity index (χ0) is 13.2. The van der Waals surface area contributed by atoms with Gasteiger partial charge in [-0.2, -0.15) is 0 Å². The molecule has 0 heterocycles. The van der Waals surface area contributed by atoms with Gasteiger partial charge in [-0.15, -0.1) is 0 Å². The molecule has 1 saturated carbocycles. The van der Waals surface area contributed by atoms with Crippen LogP contribution in [0.1, 0.15) is 25.7 Å². The largest absolute Gasteiger partial charge is 0.240 e. The number of benzene rings is 1. The molecule has 1 aromatic rings. The highest BCUT2D eigenvalue weighted by molar-refractivity contribution is 9.09. The van der Waals surface area contributed by atoms with Crippen LogP contribution in [-0.4, -0.2) is 19.3 Å². The normalized spacial score (nSPS) is 25.0. The molecule has 1 aliphatic carbocycles. The van der Waals surface area contributed by atoms with Gasteiger partial charge in [0.05, 0.1) is 4.90 Å². The summed E-state index contributed by atoms with van der Waals surface area (Å²) in [6.45, 7) is 0. The van der Waals surface area contributed by atoms with Crippen molar-refractivity contribution in [1.82, 2.24) is 4.72 Å². The van der Waals surface area contributed by atoms with E-state index in [0.717, 1.165) is 25.7 Å². The maximum atomic E-state index is 12.2. The topological polar surface area (TPSA) is 46.2 Å². The molecule has 0 spiro atoms. The number of sulfonamides is 1. The molecule has 1 aliphatic rings. The van der Waals surface area contributed by atoms with E-state index < -0.39 is 10.0 Å². The minimum atomic E-state index is -3.45. The van der Waals surface area contributed by atoms with E-state index in [4.69, 9.17) is 11.6 Å². The lowest BCUT2D eigenvalue weighted by molar-refractivity contribution is 0.427. The molecular formula is C12H15BrClNO2S. The van der Waals surface area contributed by atoms with E-state index in [1.165, 1.54) is 12.1 Å². The van der Waals surface area contributed by atoms with Crippen molar-refractivity contribution in [3.63, 3.8) is 0 Å². The zero-order valence-corrected chi connectivity index (χ0v) is 12.9. The summed E-state index contributed by atoms with van der Waals surface area (Å²) in [4.78, 5) is 0.477. The van der Waals surface area contributed by atoms with Gasteiger partial charge in [0, 0.05) is 15.9 Å². The Hall–Kier alpha value is -0.100.